The lowest BCUT2D eigenvalue weighted by molar-refractivity contribution is -0.136. The second kappa shape index (κ2) is 10.00. The Labute approximate surface area is 137 Å². The Hall–Kier alpha value is -0.886. The van der Waals surface area contributed by atoms with Gasteiger partial charge in [-0.1, -0.05) is 12.2 Å². The van der Waals surface area contributed by atoms with Crippen molar-refractivity contribution in [2.24, 2.45) is 0 Å². The van der Waals surface area contributed by atoms with Crippen LogP contribution in [0.3, 0.4) is 0 Å². The summed E-state index contributed by atoms with van der Waals surface area (Å²) < 4.78 is 10.7. The van der Waals surface area contributed by atoms with E-state index in [1.807, 2.05) is 45.4 Å². The highest BCUT2D eigenvalue weighted by molar-refractivity contribution is 6.71. The van der Waals surface area contributed by atoms with Crippen LogP contribution in [0.15, 0.2) is 12.2 Å². The van der Waals surface area contributed by atoms with E-state index in [1.165, 1.54) is 0 Å². The Morgan fingerprint density at radius 2 is 1.18 bits per heavy atom. The molecule has 0 saturated carbocycles. The summed E-state index contributed by atoms with van der Waals surface area (Å²) in [5.74, 6) is -0.171. The summed E-state index contributed by atoms with van der Waals surface area (Å²) in [4.78, 5) is 23.0. The van der Waals surface area contributed by atoms with E-state index in [0.717, 1.165) is 25.7 Å². The highest BCUT2D eigenvalue weighted by atomic mass is 28.4. The maximum atomic E-state index is 11.5. The molecular formula is C16H32O4Si2. The van der Waals surface area contributed by atoms with Crippen LogP contribution in [-0.2, 0) is 18.4 Å². The molecule has 22 heavy (non-hydrogen) atoms. The number of carbonyl (C=O) groups excluding carboxylic acids is 2. The van der Waals surface area contributed by atoms with E-state index in [9.17, 15) is 9.59 Å². The predicted molar refractivity (Wildman–Crippen MR) is 95.7 cm³/mol. The maximum absolute atomic E-state index is 11.5. The average molecular weight is 345 g/mol. The van der Waals surface area contributed by atoms with E-state index in [2.05, 4.69) is 6.08 Å². The Bertz CT molecular complexity index is 379. The summed E-state index contributed by atoms with van der Waals surface area (Å²) in [6.07, 6.45) is 8.52. The molecule has 0 aromatic heterocycles. The van der Waals surface area contributed by atoms with Crippen LogP contribution in [0, 0.1) is 0 Å². The Morgan fingerprint density at radius 3 is 1.68 bits per heavy atom. The van der Waals surface area contributed by atoms with Crippen molar-refractivity contribution in [3.8, 4) is 0 Å². The van der Waals surface area contributed by atoms with E-state index in [-0.39, 0.29) is 11.9 Å². The lowest BCUT2D eigenvalue weighted by atomic mass is 10.2. The van der Waals surface area contributed by atoms with Crippen LogP contribution in [0.1, 0.15) is 38.5 Å². The molecular weight excluding hydrogens is 312 g/mol. The molecule has 6 heteroatoms. The van der Waals surface area contributed by atoms with Gasteiger partial charge in [0.25, 0.3) is 11.9 Å². The maximum Gasteiger partial charge on any atom is 0.292 e. The largest absolute Gasteiger partial charge is 0.520 e. The molecule has 0 N–H and O–H groups in total. The molecule has 0 radical (unpaired) electrons. The minimum absolute atomic E-state index is 0.0720. The number of hydrogen-bond acceptors (Lipinski definition) is 4. The van der Waals surface area contributed by atoms with Gasteiger partial charge in [-0.25, -0.2) is 0 Å². The molecule has 4 nitrogen and oxygen atoms in total. The zero-order chi connectivity index (χ0) is 17.2. The van der Waals surface area contributed by atoms with Crippen molar-refractivity contribution in [1.29, 1.82) is 0 Å². The third-order valence-electron chi connectivity index (χ3n) is 2.52. The van der Waals surface area contributed by atoms with Gasteiger partial charge in [0.05, 0.1) is 0 Å². The van der Waals surface area contributed by atoms with Gasteiger partial charge in [-0.3, -0.25) is 9.59 Å². The molecule has 0 aliphatic carbocycles. The fourth-order valence-electron chi connectivity index (χ4n) is 1.75. The summed E-state index contributed by atoms with van der Waals surface area (Å²) in [6, 6.07) is 0. The monoisotopic (exact) mass is 344 g/mol. The van der Waals surface area contributed by atoms with Crippen molar-refractivity contribution in [3.63, 3.8) is 0 Å². The van der Waals surface area contributed by atoms with Gasteiger partial charge in [0.2, 0.25) is 16.6 Å². The van der Waals surface area contributed by atoms with Gasteiger partial charge in [0.15, 0.2) is 0 Å². The molecule has 0 atom stereocenters. The van der Waals surface area contributed by atoms with Gasteiger partial charge in [-0.2, -0.15) is 0 Å². The zero-order valence-electron chi connectivity index (χ0n) is 15.0. The standard InChI is InChI=1S/C16H32O4Si2/c1-21(2,3)19-15(17)13-11-9-7-8-10-12-14-16(18)20-22(4,5)6/h7,9H,8,10-14H2,1-6H3/b9-7-. The van der Waals surface area contributed by atoms with Gasteiger partial charge in [0.1, 0.15) is 0 Å². The summed E-state index contributed by atoms with van der Waals surface area (Å²) in [5.41, 5.74) is 0. The summed E-state index contributed by atoms with van der Waals surface area (Å²) in [6.45, 7) is 12.1. The van der Waals surface area contributed by atoms with E-state index in [1.54, 1.807) is 0 Å². The molecule has 128 valence electrons. The van der Waals surface area contributed by atoms with Crippen LogP contribution in [0.5, 0.6) is 0 Å². The minimum atomic E-state index is -1.75. The van der Waals surface area contributed by atoms with Crippen molar-refractivity contribution in [3.05, 3.63) is 12.2 Å². The lowest BCUT2D eigenvalue weighted by Gasteiger charge is -2.17. The van der Waals surface area contributed by atoms with Gasteiger partial charge in [0, 0.05) is 12.8 Å². The van der Waals surface area contributed by atoms with E-state index in [4.69, 9.17) is 8.85 Å². The first-order valence-electron chi connectivity index (χ1n) is 8.08. The fraction of sp³-hybridized carbons (Fsp3) is 0.750. The van der Waals surface area contributed by atoms with Crippen LogP contribution in [0.4, 0.5) is 0 Å². The Balaban J connectivity index is 3.60. The van der Waals surface area contributed by atoms with Crippen LogP contribution >= 0.6 is 0 Å². The van der Waals surface area contributed by atoms with Gasteiger partial charge in [-0.05, 0) is 65.0 Å². The number of unbranched alkanes of at least 4 members (excludes halogenated alkanes) is 2. The molecule has 0 amide bonds. The fourth-order valence-corrected chi connectivity index (χ4v) is 3.32. The average Bonchev–Trinajstić information content (AvgIpc) is 2.27. The lowest BCUT2D eigenvalue weighted by Crippen LogP contribution is -2.29. The first-order chi connectivity index (χ1) is 9.99. The van der Waals surface area contributed by atoms with Gasteiger partial charge >= 0.3 is 0 Å². The molecule has 0 fully saturated rings. The van der Waals surface area contributed by atoms with E-state index in [0.29, 0.717) is 12.8 Å². The zero-order valence-corrected chi connectivity index (χ0v) is 17.0. The molecule has 0 spiro atoms. The Morgan fingerprint density at radius 1 is 0.727 bits per heavy atom. The molecule has 0 aliphatic rings. The number of rotatable bonds is 10. The van der Waals surface area contributed by atoms with Gasteiger partial charge < -0.3 is 8.85 Å². The minimum Gasteiger partial charge on any atom is -0.520 e. The first-order valence-corrected chi connectivity index (χ1v) is 14.9. The molecule has 0 aromatic carbocycles. The predicted octanol–water partition coefficient (Wildman–Crippen LogP) is 4.64. The second-order valence-electron chi connectivity index (χ2n) is 7.43. The second-order valence-corrected chi connectivity index (χ2v) is 16.3. The van der Waals surface area contributed by atoms with Crippen molar-refractivity contribution < 1.29 is 18.4 Å². The Kier molecular flexibility index (Phi) is 9.59. The highest BCUT2D eigenvalue weighted by Gasteiger charge is 2.19. The molecule has 0 aromatic rings. The number of hydrogen-bond donors (Lipinski definition) is 0. The quantitative estimate of drug-likeness (QED) is 0.329. The van der Waals surface area contributed by atoms with E-state index >= 15 is 0 Å². The number of allylic oxidation sites excluding steroid dienone is 2. The first kappa shape index (κ1) is 21.1. The highest BCUT2D eigenvalue weighted by Crippen LogP contribution is 2.09. The van der Waals surface area contributed by atoms with Crippen molar-refractivity contribution in [2.45, 2.75) is 77.8 Å². The third kappa shape index (κ3) is 15.5. The van der Waals surface area contributed by atoms with Crippen LogP contribution in [-0.4, -0.2) is 28.6 Å². The van der Waals surface area contributed by atoms with E-state index < -0.39 is 16.6 Å². The van der Waals surface area contributed by atoms with Gasteiger partial charge in [-0.15, -0.1) is 0 Å². The molecule has 0 rings (SSSR count). The summed E-state index contributed by atoms with van der Waals surface area (Å²) in [5, 5.41) is 0. The van der Waals surface area contributed by atoms with Crippen molar-refractivity contribution in [1.82, 2.24) is 0 Å². The molecule has 0 saturated heterocycles. The third-order valence-corrected chi connectivity index (χ3v) is 4.20. The molecule has 0 aliphatic heterocycles. The van der Waals surface area contributed by atoms with Crippen LogP contribution in [0.2, 0.25) is 39.3 Å². The van der Waals surface area contributed by atoms with Crippen LogP contribution in [0.25, 0.3) is 0 Å². The molecule has 0 unspecified atom stereocenters. The smallest absolute Gasteiger partial charge is 0.292 e. The summed E-state index contributed by atoms with van der Waals surface area (Å²) >= 11 is 0. The normalized spacial score (nSPS) is 12.5. The molecule has 0 heterocycles. The number of carbonyl (C=O) groups is 2. The van der Waals surface area contributed by atoms with Crippen molar-refractivity contribution >= 4 is 28.6 Å². The van der Waals surface area contributed by atoms with Crippen molar-refractivity contribution in [2.75, 3.05) is 0 Å². The SMILES string of the molecule is C[Si](C)(C)OC(=O)CC/C=C\CCCCC(=O)O[Si](C)(C)C. The molecule has 0 bridgehead atoms. The topological polar surface area (TPSA) is 52.6 Å². The van der Waals surface area contributed by atoms with Crippen LogP contribution < -0.4 is 0 Å². The summed E-state index contributed by atoms with van der Waals surface area (Å²) in [7, 11) is -3.49.